The number of rotatable bonds is 3. The first kappa shape index (κ1) is 14.0. The quantitative estimate of drug-likeness (QED) is 0.268. The van der Waals surface area contributed by atoms with E-state index in [1.54, 1.807) is 11.9 Å². The van der Waals surface area contributed by atoms with Gasteiger partial charge in [0, 0.05) is 6.54 Å². The zero-order valence-corrected chi connectivity index (χ0v) is 11.3. The van der Waals surface area contributed by atoms with Gasteiger partial charge in [-0.2, -0.15) is 0 Å². The molecular weight excluding hydrogens is 201 g/mol. The van der Waals surface area contributed by atoms with Crippen LogP contribution in [-0.2, 0) is 14.6 Å². The van der Waals surface area contributed by atoms with Crippen LogP contribution >= 0.6 is 0 Å². The van der Waals surface area contributed by atoms with Crippen LogP contribution in [0.4, 0.5) is 0 Å². The summed E-state index contributed by atoms with van der Waals surface area (Å²) < 4.78 is 0. The van der Waals surface area contributed by atoms with Crippen molar-refractivity contribution in [3.63, 3.8) is 0 Å². The average molecular weight is 213 g/mol. The molecule has 0 amide bonds. The summed E-state index contributed by atoms with van der Waals surface area (Å²) in [6, 6.07) is -0.551. The molecule has 5 nitrogen and oxygen atoms in total. The van der Waals surface area contributed by atoms with Crippen molar-refractivity contribution in [2.75, 3.05) is 20.7 Å². The summed E-state index contributed by atoms with van der Waals surface area (Å²) in [4.78, 5) is 21.5. The third-order valence-electron chi connectivity index (χ3n) is 2.01. The standard InChI is InChI=1S/C7H13NO4.K/c1-8-4-5(12-11-2)3-6(8)7(9)10;/h5-6H,3-4H2,1-2H3,(H,9,10);/q;+1/p-1. The Bertz CT molecular complexity index is 178. The number of aliphatic carboxylic acids is 1. The van der Waals surface area contributed by atoms with Crippen LogP contribution in [0.2, 0.25) is 0 Å². The van der Waals surface area contributed by atoms with Crippen LogP contribution in [0, 0.1) is 0 Å². The molecule has 0 aromatic carbocycles. The monoisotopic (exact) mass is 213 g/mol. The number of hydrogen-bond acceptors (Lipinski definition) is 5. The first-order valence-electron chi connectivity index (χ1n) is 3.75. The molecule has 1 heterocycles. The first-order valence-corrected chi connectivity index (χ1v) is 3.75. The molecule has 0 bridgehead atoms. The van der Waals surface area contributed by atoms with E-state index in [-0.39, 0.29) is 57.5 Å². The normalized spacial score (nSPS) is 28.5. The Morgan fingerprint density at radius 1 is 1.62 bits per heavy atom. The molecule has 0 spiro atoms. The number of carbonyl (C=O) groups is 1. The average Bonchev–Trinajstić information content (AvgIpc) is 2.32. The summed E-state index contributed by atoms with van der Waals surface area (Å²) in [6.07, 6.45) is 0.259. The molecule has 1 aliphatic rings. The van der Waals surface area contributed by atoms with Crippen molar-refractivity contribution in [3.05, 3.63) is 0 Å². The van der Waals surface area contributed by atoms with Gasteiger partial charge in [-0.1, -0.05) is 0 Å². The molecule has 2 atom stereocenters. The van der Waals surface area contributed by atoms with Crippen molar-refractivity contribution in [2.24, 2.45) is 0 Å². The molecule has 1 aliphatic heterocycles. The molecule has 0 aliphatic carbocycles. The fourth-order valence-corrected chi connectivity index (χ4v) is 1.43. The summed E-state index contributed by atoms with van der Waals surface area (Å²) in [6.45, 7) is 0.562. The predicted octanol–water partition coefficient (Wildman–Crippen LogP) is -4.61. The summed E-state index contributed by atoms with van der Waals surface area (Å²) >= 11 is 0. The minimum atomic E-state index is -1.06. The zero-order valence-electron chi connectivity index (χ0n) is 8.15. The molecule has 0 aromatic rings. The van der Waals surface area contributed by atoms with E-state index in [4.69, 9.17) is 4.89 Å². The zero-order chi connectivity index (χ0) is 9.14. The summed E-state index contributed by atoms with van der Waals surface area (Å²) in [5.74, 6) is -1.06. The molecule has 1 rings (SSSR count). The van der Waals surface area contributed by atoms with Gasteiger partial charge in [-0.25, -0.2) is 9.78 Å². The molecule has 0 saturated carbocycles. The maximum atomic E-state index is 10.5. The van der Waals surface area contributed by atoms with Crippen LogP contribution in [0.5, 0.6) is 0 Å². The second-order valence-corrected chi connectivity index (χ2v) is 2.90. The molecule has 1 fully saturated rings. The largest absolute Gasteiger partial charge is 1.00 e. The number of carbonyl (C=O) groups excluding carboxylic acids is 1. The second kappa shape index (κ2) is 6.47. The third kappa shape index (κ3) is 3.92. The smallest absolute Gasteiger partial charge is 0.548 e. The Morgan fingerprint density at radius 2 is 2.23 bits per heavy atom. The molecule has 0 aromatic heterocycles. The van der Waals surface area contributed by atoms with E-state index >= 15 is 0 Å². The van der Waals surface area contributed by atoms with Gasteiger partial charge in [-0.3, -0.25) is 4.90 Å². The van der Waals surface area contributed by atoms with E-state index in [2.05, 4.69) is 4.89 Å². The molecule has 2 unspecified atom stereocenters. The van der Waals surface area contributed by atoms with Crippen molar-refractivity contribution >= 4 is 5.97 Å². The Kier molecular flexibility index (Phi) is 6.96. The Labute approximate surface area is 120 Å². The van der Waals surface area contributed by atoms with Gasteiger partial charge in [0.1, 0.15) is 6.10 Å². The van der Waals surface area contributed by atoms with E-state index in [1.165, 1.54) is 7.11 Å². The molecular formula is C7H12KNO4. The maximum absolute atomic E-state index is 10.5. The van der Waals surface area contributed by atoms with Crippen molar-refractivity contribution in [3.8, 4) is 0 Å². The minimum Gasteiger partial charge on any atom is -0.548 e. The van der Waals surface area contributed by atoms with E-state index in [9.17, 15) is 9.90 Å². The predicted molar refractivity (Wildman–Crippen MR) is 37.9 cm³/mol. The number of likely N-dealkylation sites (tertiary alicyclic amines) is 1. The molecule has 70 valence electrons. The Hall–Kier alpha value is 0.986. The third-order valence-corrected chi connectivity index (χ3v) is 2.01. The topological polar surface area (TPSA) is 61.8 Å². The summed E-state index contributed by atoms with van der Waals surface area (Å²) in [5, 5.41) is 10.5. The van der Waals surface area contributed by atoms with Crippen LogP contribution in [-0.4, -0.2) is 43.7 Å². The number of carboxylic acid groups (broad SMARTS) is 1. The van der Waals surface area contributed by atoms with Crippen LogP contribution < -0.4 is 56.5 Å². The molecule has 0 radical (unpaired) electrons. The van der Waals surface area contributed by atoms with Gasteiger partial charge in [-0.15, -0.1) is 0 Å². The first-order chi connectivity index (χ1) is 5.65. The summed E-state index contributed by atoms with van der Waals surface area (Å²) in [5.41, 5.74) is 0. The van der Waals surface area contributed by atoms with E-state index in [1.807, 2.05) is 0 Å². The molecule has 0 N–H and O–H groups in total. The maximum Gasteiger partial charge on any atom is 1.00 e. The van der Waals surface area contributed by atoms with Crippen LogP contribution in [0.25, 0.3) is 0 Å². The van der Waals surface area contributed by atoms with E-state index in [0.717, 1.165) is 0 Å². The van der Waals surface area contributed by atoms with E-state index < -0.39 is 12.0 Å². The Morgan fingerprint density at radius 3 is 2.62 bits per heavy atom. The van der Waals surface area contributed by atoms with Gasteiger partial charge < -0.3 is 9.90 Å². The SMILES string of the molecule is COOC1CC(C(=O)[O-])N(C)C1.[K+]. The number of likely N-dealkylation sites (N-methyl/N-ethyl adjacent to an activating group) is 1. The molecule has 6 heteroatoms. The second-order valence-electron chi connectivity index (χ2n) is 2.90. The van der Waals surface area contributed by atoms with Gasteiger partial charge in [0.15, 0.2) is 0 Å². The summed E-state index contributed by atoms with van der Waals surface area (Å²) in [7, 11) is 3.13. The van der Waals surface area contributed by atoms with Gasteiger partial charge in [-0.05, 0) is 13.5 Å². The van der Waals surface area contributed by atoms with Crippen molar-refractivity contribution in [2.45, 2.75) is 18.6 Å². The van der Waals surface area contributed by atoms with Gasteiger partial charge in [0.05, 0.1) is 19.1 Å². The number of hydrogen-bond donors (Lipinski definition) is 0. The fraction of sp³-hybridized carbons (Fsp3) is 0.857. The van der Waals surface area contributed by atoms with Gasteiger partial charge >= 0.3 is 51.4 Å². The number of carboxylic acids is 1. The van der Waals surface area contributed by atoms with Crippen LogP contribution in [0.1, 0.15) is 6.42 Å². The number of nitrogens with zero attached hydrogens (tertiary/aromatic N) is 1. The van der Waals surface area contributed by atoms with Crippen LogP contribution in [0.15, 0.2) is 0 Å². The van der Waals surface area contributed by atoms with Gasteiger partial charge in [0.25, 0.3) is 0 Å². The minimum absolute atomic E-state index is 0. The fourth-order valence-electron chi connectivity index (χ4n) is 1.43. The van der Waals surface area contributed by atoms with Crippen molar-refractivity contribution in [1.29, 1.82) is 0 Å². The van der Waals surface area contributed by atoms with Crippen molar-refractivity contribution in [1.82, 2.24) is 4.90 Å². The Balaban J connectivity index is 0.00000144. The van der Waals surface area contributed by atoms with Gasteiger partial charge in [0.2, 0.25) is 0 Å². The molecule has 1 saturated heterocycles. The van der Waals surface area contributed by atoms with E-state index in [0.29, 0.717) is 13.0 Å². The van der Waals surface area contributed by atoms with Crippen molar-refractivity contribution < 1.29 is 71.1 Å². The molecule has 13 heavy (non-hydrogen) atoms. The van der Waals surface area contributed by atoms with Crippen LogP contribution in [0.3, 0.4) is 0 Å².